The number of ether oxygens (including phenoxy) is 3. The van der Waals surface area contributed by atoms with Gasteiger partial charge in [-0.05, 0) is 19.3 Å². The van der Waals surface area contributed by atoms with Gasteiger partial charge in [-0.3, -0.25) is 0 Å². The van der Waals surface area contributed by atoms with E-state index in [4.69, 9.17) is 14.2 Å². The van der Waals surface area contributed by atoms with Gasteiger partial charge in [0.05, 0.1) is 19.8 Å². The molecular formula is C12H23BrO3. The van der Waals surface area contributed by atoms with E-state index in [1.807, 2.05) is 0 Å². The van der Waals surface area contributed by atoms with Crippen molar-refractivity contribution in [1.29, 1.82) is 0 Å². The largest absolute Gasteiger partial charge is 0.382 e. The molecule has 4 heteroatoms. The fourth-order valence-corrected chi connectivity index (χ4v) is 2.51. The third kappa shape index (κ3) is 5.13. The van der Waals surface area contributed by atoms with Gasteiger partial charge in [-0.25, -0.2) is 0 Å². The van der Waals surface area contributed by atoms with E-state index in [1.54, 1.807) is 7.11 Å². The van der Waals surface area contributed by atoms with Gasteiger partial charge in [0.2, 0.25) is 0 Å². The maximum absolute atomic E-state index is 5.70. The quantitative estimate of drug-likeness (QED) is 0.458. The predicted molar refractivity (Wildman–Crippen MR) is 68.2 cm³/mol. The smallest absolute Gasteiger partial charge is 0.0700 e. The fraction of sp³-hybridized carbons (Fsp3) is 1.00. The van der Waals surface area contributed by atoms with Gasteiger partial charge in [-0.1, -0.05) is 22.4 Å². The number of rotatable bonds is 10. The van der Waals surface area contributed by atoms with Gasteiger partial charge < -0.3 is 14.2 Å². The molecule has 0 bridgehead atoms. The Morgan fingerprint density at radius 1 is 1.06 bits per heavy atom. The lowest BCUT2D eigenvalue weighted by molar-refractivity contribution is -0.00118. The number of alkyl halides is 1. The second-order valence-corrected chi connectivity index (χ2v) is 5.06. The normalized spacial score (nSPS) is 18.4. The van der Waals surface area contributed by atoms with Gasteiger partial charge >= 0.3 is 0 Å². The molecule has 0 atom stereocenters. The summed E-state index contributed by atoms with van der Waals surface area (Å²) in [6.45, 7) is 3.83. The minimum absolute atomic E-state index is 0.441. The zero-order valence-electron chi connectivity index (χ0n) is 10.2. The summed E-state index contributed by atoms with van der Waals surface area (Å²) < 4.78 is 15.9. The van der Waals surface area contributed by atoms with E-state index in [1.165, 1.54) is 19.3 Å². The first-order valence-corrected chi connectivity index (χ1v) is 7.15. The summed E-state index contributed by atoms with van der Waals surface area (Å²) >= 11 is 3.58. The van der Waals surface area contributed by atoms with Crippen molar-refractivity contribution in [2.24, 2.45) is 5.41 Å². The summed E-state index contributed by atoms with van der Waals surface area (Å²) in [6, 6.07) is 0. The molecule has 1 rings (SSSR count). The van der Waals surface area contributed by atoms with E-state index in [0.717, 1.165) is 31.6 Å². The number of halogens is 1. The summed E-state index contributed by atoms with van der Waals surface area (Å²) in [5.41, 5.74) is 0.441. The van der Waals surface area contributed by atoms with Gasteiger partial charge in [0.1, 0.15) is 0 Å². The van der Waals surface area contributed by atoms with Crippen molar-refractivity contribution in [1.82, 2.24) is 0 Å². The Labute approximate surface area is 107 Å². The van der Waals surface area contributed by atoms with Crippen molar-refractivity contribution in [3.63, 3.8) is 0 Å². The van der Waals surface area contributed by atoms with Crippen LogP contribution in [-0.2, 0) is 14.2 Å². The molecule has 0 amide bonds. The van der Waals surface area contributed by atoms with Crippen molar-refractivity contribution in [2.75, 3.05) is 45.5 Å². The van der Waals surface area contributed by atoms with Crippen LogP contribution in [0.1, 0.15) is 25.7 Å². The van der Waals surface area contributed by atoms with E-state index >= 15 is 0 Å². The highest BCUT2D eigenvalue weighted by Crippen LogP contribution is 2.42. The molecule has 96 valence electrons. The summed E-state index contributed by atoms with van der Waals surface area (Å²) in [5.74, 6) is 0. The number of hydrogen-bond donors (Lipinski definition) is 0. The van der Waals surface area contributed by atoms with Crippen molar-refractivity contribution >= 4 is 15.9 Å². The van der Waals surface area contributed by atoms with Crippen LogP contribution in [0, 0.1) is 5.41 Å². The number of hydrogen-bond acceptors (Lipinski definition) is 3. The molecule has 1 aliphatic carbocycles. The molecule has 0 radical (unpaired) electrons. The summed E-state index contributed by atoms with van der Waals surface area (Å²) in [6.07, 6.45) is 4.95. The molecule has 0 unspecified atom stereocenters. The highest BCUT2D eigenvalue weighted by atomic mass is 79.9. The Kier molecular flexibility index (Phi) is 7.62. The number of methoxy groups -OCH3 is 1. The van der Waals surface area contributed by atoms with Crippen molar-refractivity contribution in [2.45, 2.75) is 25.7 Å². The van der Waals surface area contributed by atoms with Crippen molar-refractivity contribution in [3.05, 3.63) is 0 Å². The van der Waals surface area contributed by atoms with Gasteiger partial charge in [0, 0.05) is 31.1 Å². The molecule has 0 aromatic carbocycles. The van der Waals surface area contributed by atoms with E-state index in [9.17, 15) is 0 Å². The molecule has 0 saturated heterocycles. The van der Waals surface area contributed by atoms with Gasteiger partial charge in [-0.2, -0.15) is 0 Å². The van der Waals surface area contributed by atoms with Crippen LogP contribution in [0.15, 0.2) is 0 Å². The molecule has 1 saturated carbocycles. The summed E-state index contributed by atoms with van der Waals surface area (Å²) in [5, 5.41) is 1.07. The fourth-order valence-electron chi connectivity index (χ4n) is 1.79. The van der Waals surface area contributed by atoms with Crippen LogP contribution >= 0.6 is 15.9 Å². The minimum Gasteiger partial charge on any atom is -0.382 e. The third-order valence-electron chi connectivity index (χ3n) is 3.12. The zero-order valence-corrected chi connectivity index (χ0v) is 11.8. The third-order valence-corrected chi connectivity index (χ3v) is 4.30. The average molecular weight is 295 g/mol. The lowest BCUT2D eigenvalue weighted by atomic mass is 9.71. The highest BCUT2D eigenvalue weighted by molar-refractivity contribution is 9.09. The first-order chi connectivity index (χ1) is 7.83. The molecule has 0 aromatic rings. The monoisotopic (exact) mass is 294 g/mol. The summed E-state index contributed by atoms with van der Waals surface area (Å²) in [7, 11) is 1.69. The molecular weight excluding hydrogens is 272 g/mol. The Hall–Kier alpha value is 0.360. The van der Waals surface area contributed by atoms with E-state index in [-0.39, 0.29) is 0 Å². The average Bonchev–Trinajstić information content (AvgIpc) is 2.25. The second-order valence-electron chi connectivity index (χ2n) is 4.50. The minimum atomic E-state index is 0.441. The maximum atomic E-state index is 5.70. The molecule has 0 heterocycles. The molecule has 1 aliphatic rings. The van der Waals surface area contributed by atoms with Gasteiger partial charge in [0.25, 0.3) is 0 Å². The lowest BCUT2D eigenvalue weighted by Gasteiger charge is -2.40. The Morgan fingerprint density at radius 2 is 1.81 bits per heavy atom. The molecule has 0 spiro atoms. The predicted octanol–water partition coefficient (Wildman–Crippen LogP) is 2.62. The SMILES string of the molecule is COCCOCCCOCC1(CBr)CCC1. The van der Waals surface area contributed by atoms with Crippen molar-refractivity contribution < 1.29 is 14.2 Å². The highest BCUT2D eigenvalue weighted by Gasteiger charge is 2.35. The van der Waals surface area contributed by atoms with Gasteiger partial charge in [0.15, 0.2) is 0 Å². The van der Waals surface area contributed by atoms with Crippen LogP contribution in [0.5, 0.6) is 0 Å². The Balaban J connectivity index is 1.84. The maximum Gasteiger partial charge on any atom is 0.0700 e. The Morgan fingerprint density at radius 3 is 2.38 bits per heavy atom. The summed E-state index contributed by atoms with van der Waals surface area (Å²) in [4.78, 5) is 0. The molecule has 0 aromatic heterocycles. The van der Waals surface area contributed by atoms with Crippen LogP contribution in [0.2, 0.25) is 0 Å². The zero-order chi connectivity index (χ0) is 11.7. The van der Waals surface area contributed by atoms with E-state index in [2.05, 4.69) is 15.9 Å². The van der Waals surface area contributed by atoms with Gasteiger partial charge in [-0.15, -0.1) is 0 Å². The van der Waals surface area contributed by atoms with Crippen LogP contribution < -0.4 is 0 Å². The second kappa shape index (κ2) is 8.45. The van der Waals surface area contributed by atoms with Crippen LogP contribution in [0.4, 0.5) is 0 Å². The first kappa shape index (κ1) is 14.4. The van der Waals surface area contributed by atoms with Crippen LogP contribution in [0.25, 0.3) is 0 Å². The van der Waals surface area contributed by atoms with Crippen LogP contribution in [0.3, 0.4) is 0 Å². The van der Waals surface area contributed by atoms with E-state index in [0.29, 0.717) is 18.6 Å². The first-order valence-electron chi connectivity index (χ1n) is 6.03. The molecule has 0 aliphatic heterocycles. The molecule has 1 fully saturated rings. The van der Waals surface area contributed by atoms with Crippen LogP contribution in [-0.4, -0.2) is 45.5 Å². The van der Waals surface area contributed by atoms with Crippen molar-refractivity contribution in [3.8, 4) is 0 Å². The molecule has 3 nitrogen and oxygen atoms in total. The standard InChI is InChI=1S/C12H23BrO3/c1-14-8-9-15-6-3-7-16-11-12(10-13)4-2-5-12/h2-11H2,1H3. The topological polar surface area (TPSA) is 27.7 Å². The lowest BCUT2D eigenvalue weighted by Crippen LogP contribution is -2.36. The molecule has 16 heavy (non-hydrogen) atoms. The Bertz CT molecular complexity index is 166. The molecule has 0 N–H and O–H groups in total. The van der Waals surface area contributed by atoms with E-state index < -0.39 is 0 Å².